The predicted molar refractivity (Wildman–Crippen MR) is 74.7 cm³/mol. The van der Waals surface area contributed by atoms with E-state index in [0.29, 0.717) is 5.56 Å². The zero-order valence-electron chi connectivity index (χ0n) is 12.3. The van der Waals surface area contributed by atoms with Crippen LogP contribution in [0.1, 0.15) is 37.0 Å². The van der Waals surface area contributed by atoms with E-state index >= 15 is 0 Å². The lowest BCUT2D eigenvalue weighted by molar-refractivity contribution is -0.214. The molecule has 5 heteroatoms. The number of benzene rings is 1. The molecule has 0 saturated carbocycles. The molecule has 114 valence electrons. The van der Waals surface area contributed by atoms with Crippen molar-refractivity contribution in [3.8, 4) is 0 Å². The molecule has 1 aromatic carbocycles. The van der Waals surface area contributed by atoms with Gasteiger partial charge in [-0.2, -0.15) is 0 Å². The van der Waals surface area contributed by atoms with E-state index in [2.05, 4.69) is 0 Å². The van der Waals surface area contributed by atoms with Crippen LogP contribution >= 0.6 is 0 Å². The standard InChI is InChI=1S/C16H20O5/c1-16(2)20-13-9-8-12(19-15(13)21-16)10-18-14(17)11-6-4-3-5-7-11/h3-7,12-13,15H,8-10H2,1-2H3/t12-,13?,15+/m0/s1. The number of carbonyl (C=O) groups is 1. The Balaban J connectivity index is 1.50. The quantitative estimate of drug-likeness (QED) is 0.801. The van der Waals surface area contributed by atoms with Crippen LogP contribution in [-0.2, 0) is 18.9 Å². The van der Waals surface area contributed by atoms with Crippen molar-refractivity contribution >= 4 is 5.97 Å². The van der Waals surface area contributed by atoms with Crippen molar-refractivity contribution in [3.05, 3.63) is 35.9 Å². The molecule has 0 amide bonds. The maximum atomic E-state index is 11.9. The van der Waals surface area contributed by atoms with E-state index in [9.17, 15) is 4.79 Å². The molecule has 2 heterocycles. The molecule has 5 nitrogen and oxygen atoms in total. The van der Waals surface area contributed by atoms with E-state index < -0.39 is 5.79 Å². The van der Waals surface area contributed by atoms with Gasteiger partial charge in [0, 0.05) is 0 Å². The molecule has 3 rings (SSSR count). The summed E-state index contributed by atoms with van der Waals surface area (Å²) in [4.78, 5) is 11.9. The summed E-state index contributed by atoms with van der Waals surface area (Å²) in [6, 6.07) is 8.95. The first kappa shape index (κ1) is 14.5. The Morgan fingerprint density at radius 2 is 2.00 bits per heavy atom. The Labute approximate surface area is 124 Å². The van der Waals surface area contributed by atoms with Gasteiger partial charge in [0.25, 0.3) is 0 Å². The van der Waals surface area contributed by atoms with E-state index in [0.717, 1.165) is 12.8 Å². The number of ether oxygens (including phenoxy) is 4. The number of rotatable bonds is 3. The Kier molecular flexibility index (Phi) is 3.97. The highest BCUT2D eigenvalue weighted by Gasteiger charge is 2.45. The fourth-order valence-electron chi connectivity index (χ4n) is 2.67. The van der Waals surface area contributed by atoms with E-state index in [1.165, 1.54) is 0 Å². The fraction of sp³-hybridized carbons (Fsp3) is 0.562. The third-order valence-electron chi connectivity index (χ3n) is 3.65. The minimum atomic E-state index is -0.606. The summed E-state index contributed by atoms with van der Waals surface area (Å²) in [5, 5.41) is 0. The van der Waals surface area contributed by atoms with Crippen LogP contribution in [0.5, 0.6) is 0 Å². The molecular weight excluding hydrogens is 272 g/mol. The van der Waals surface area contributed by atoms with Crippen molar-refractivity contribution in [1.82, 2.24) is 0 Å². The molecular formula is C16H20O5. The van der Waals surface area contributed by atoms with Gasteiger partial charge in [-0.15, -0.1) is 0 Å². The zero-order chi connectivity index (χ0) is 14.9. The molecule has 21 heavy (non-hydrogen) atoms. The van der Waals surface area contributed by atoms with E-state index in [1.54, 1.807) is 12.1 Å². The van der Waals surface area contributed by atoms with Crippen LogP contribution in [0.2, 0.25) is 0 Å². The summed E-state index contributed by atoms with van der Waals surface area (Å²) < 4.78 is 22.5. The topological polar surface area (TPSA) is 54.0 Å². The Morgan fingerprint density at radius 3 is 2.76 bits per heavy atom. The molecule has 2 aliphatic heterocycles. The molecule has 1 unspecified atom stereocenters. The number of carbonyl (C=O) groups excluding carboxylic acids is 1. The molecule has 2 fully saturated rings. The molecule has 2 saturated heterocycles. The van der Waals surface area contributed by atoms with Crippen LogP contribution in [0.15, 0.2) is 30.3 Å². The summed E-state index contributed by atoms with van der Waals surface area (Å²) in [6.07, 6.45) is 1.11. The fourth-order valence-corrected chi connectivity index (χ4v) is 2.67. The van der Waals surface area contributed by atoms with Gasteiger partial charge in [-0.3, -0.25) is 0 Å². The van der Waals surface area contributed by atoms with Crippen LogP contribution < -0.4 is 0 Å². The van der Waals surface area contributed by atoms with Crippen molar-refractivity contribution in [1.29, 1.82) is 0 Å². The minimum Gasteiger partial charge on any atom is -0.459 e. The van der Waals surface area contributed by atoms with Crippen LogP contribution in [0, 0.1) is 0 Å². The average molecular weight is 292 g/mol. The van der Waals surface area contributed by atoms with Gasteiger partial charge in [-0.25, -0.2) is 4.79 Å². The maximum Gasteiger partial charge on any atom is 0.338 e. The molecule has 2 aliphatic rings. The Morgan fingerprint density at radius 1 is 1.24 bits per heavy atom. The van der Waals surface area contributed by atoms with Gasteiger partial charge >= 0.3 is 5.97 Å². The minimum absolute atomic E-state index is 0.0268. The van der Waals surface area contributed by atoms with Gasteiger partial charge in [-0.1, -0.05) is 18.2 Å². The summed E-state index contributed by atoms with van der Waals surface area (Å²) in [7, 11) is 0. The van der Waals surface area contributed by atoms with Crippen LogP contribution in [0.25, 0.3) is 0 Å². The second-order valence-corrected chi connectivity index (χ2v) is 5.84. The highest BCUT2D eigenvalue weighted by atomic mass is 16.8. The highest BCUT2D eigenvalue weighted by Crippen LogP contribution is 2.35. The number of hydrogen-bond acceptors (Lipinski definition) is 5. The Hall–Kier alpha value is -1.43. The average Bonchev–Trinajstić information content (AvgIpc) is 2.78. The van der Waals surface area contributed by atoms with E-state index in [-0.39, 0.29) is 31.1 Å². The largest absolute Gasteiger partial charge is 0.459 e. The molecule has 0 bridgehead atoms. The molecule has 3 atom stereocenters. The third kappa shape index (κ3) is 3.43. The first-order valence-electron chi connectivity index (χ1n) is 7.27. The van der Waals surface area contributed by atoms with Crippen molar-refractivity contribution in [3.63, 3.8) is 0 Å². The van der Waals surface area contributed by atoms with Gasteiger partial charge < -0.3 is 18.9 Å². The van der Waals surface area contributed by atoms with Crippen LogP contribution in [0.3, 0.4) is 0 Å². The molecule has 0 spiro atoms. The third-order valence-corrected chi connectivity index (χ3v) is 3.65. The monoisotopic (exact) mass is 292 g/mol. The van der Waals surface area contributed by atoms with Gasteiger partial charge in [0.1, 0.15) is 12.7 Å². The first-order valence-corrected chi connectivity index (χ1v) is 7.27. The normalized spacial score (nSPS) is 30.7. The molecule has 0 aliphatic carbocycles. The van der Waals surface area contributed by atoms with Crippen molar-refractivity contribution < 1.29 is 23.7 Å². The molecule has 0 N–H and O–H groups in total. The second kappa shape index (κ2) is 5.75. The molecule has 1 aromatic rings. The molecule has 0 aromatic heterocycles. The Bertz CT molecular complexity index is 499. The molecule has 0 radical (unpaired) electrons. The van der Waals surface area contributed by atoms with Gasteiger partial charge in [0.2, 0.25) is 0 Å². The summed E-state index contributed by atoms with van der Waals surface area (Å²) >= 11 is 0. The number of fused-ring (bicyclic) bond motifs is 1. The van der Waals surface area contributed by atoms with Crippen molar-refractivity contribution in [2.75, 3.05) is 6.61 Å². The van der Waals surface area contributed by atoms with E-state index in [4.69, 9.17) is 18.9 Å². The van der Waals surface area contributed by atoms with Crippen LogP contribution in [-0.4, -0.2) is 36.9 Å². The van der Waals surface area contributed by atoms with E-state index in [1.807, 2.05) is 32.0 Å². The first-order chi connectivity index (χ1) is 10.0. The van der Waals surface area contributed by atoms with Gasteiger partial charge in [0.15, 0.2) is 12.1 Å². The lowest BCUT2D eigenvalue weighted by Crippen LogP contribution is -2.39. The lowest BCUT2D eigenvalue weighted by atomic mass is 10.1. The van der Waals surface area contributed by atoms with Gasteiger partial charge in [0.05, 0.1) is 11.7 Å². The van der Waals surface area contributed by atoms with Crippen molar-refractivity contribution in [2.24, 2.45) is 0 Å². The maximum absolute atomic E-state index is 11.9. The number of esters is 1. The predicted octanol–water partition coefficient (Wildman–Crippen LogP) is 2.50. The SMILES string of the molecule is CC1(C)OC2CC[C@@H](COC(=O)c3ccccc3)O[C@@H]2O1. The summed E-state index contributed by atoms with van der Waals surface area (Å²) in [6.45, 7) is 3.99. The van der Waals surface area contributed by atoms with Crippen LogP contribution in [0.4, 0.5) is 0 Å². The highest BCUT2D eigenvalue weighted by molar-refractivity contribution is 5.89. The van der Waals surface area contributed by atoms with Crippen molar-refractivity contribution in [2.45, 2.75) is 51.0 Å². The summed E-state index contributed by atoms with van der Waals surface area (Å²) in [5.74, 6) is -0.935. The smallest absolute Gasteiger partial charge is 0.338 e. The number of hydrogen-bond donors (Lipinski definition) is 0. The zero-order valence-corrected chi connectivity index (χ0v) is 12.3. The lowest BCUT2D eigenvalue weighted by Gasteiger charge is -2.29. The second-order valence-electron chi connectivity index (χ2n) is 5.84. The summed E-state index contributed by atoms with van der Waals surface area (Å²) in [5.41, 5.74) is 0.549. The van der Waals surface area contributed by atoms with Gasteiger partial charge in [-0.05, 0) is 38.8 Å².